The van der Waals surface area contributed by atoms with Crippen molar-refractivity contribution < 1.29 is 19.4 Å². The highest BCUT2D eigenvalue weighted by Gasteiger charge is 2.34. The number of rotatable bonds is 3. The van der Waals surface area contributed by atoms with Crippen LogP contribution in [0.2, 0.25) is 0 Å². The number of hydrogen-bond acceptors (Lipinski definition) is 3. The summed E-state index contributed by atoms with van der Waals surface area (Å²) in [7, 11) is 0. The summed E-state index contributed by atoms with van der Waals surface area (Å²) in [5.41, 5.74) is -0.760. The van der Waals surface area contributed by atoms with Crippen LogP contribution >= 0.6 is 15.9 Å². The lowest BCUT2D eigenvalue weighted by Gasteiger charge is -2.37. The lowest BCUT2D eigenvalue weighted by molar-refractivity contribution is -0.0303. The van der Waals surface area contributed by atoms with Gasteiger partial charge in [-0.3, -0.25) is 4.79 Å². The molecule has 1 amide bonds. The first-order chi connectivity index (χ1) is 12.3. The first-order valence-electron chi connectivity index (χ1n) is 8.14. The number of aromatic nitrogens is 1. The Hall–Kier alpha value is -2.19. The van der Waals surface area contributed by atoms with Crippen molar-refractivity contribution >= 4 is 22.0 Å². The number of halogens is 2. The third kappa shape index (κ3) is 3.81. The summed E-state index contributed by atoms with van der Waals surface area (Å²) in [6.45, 7) is 0.486. The van der Waals surface area contributed by atoms with E-state index >= 15 is 0 Å². The van der Waals surface area contributed by atoms with Gasteiger partial charge >= 0.3 is 6.09 Å². The van der Waals surface area contributed by atoms with Gasteiger partial charge in [-0.2, -0.15) is 0 Å². The van der Waals surface area contributed by atoms with Crippen LogP contribution in [0.1, 0.15) is 12.8 Å². The van der Waals surface area contributed by atoms with Crippen LogP contribution in [0.5, 0.6) is 0 Å². The Kier molecular flexibility index (Phi) is 5.15. The molecule has 1 saturated heterocycles. The highest BCUT2D eigenvalue weighted by molar-refractivity contribution is 9.10. The molecule has 0 unspecified atom stereocenters. The molecule has 0 radical (unpaired) electrons. The van der Waals surface area contributed by atoms with Crippen LogP contribution in [0, 0.1) is 5.82 Å². The molecule has 1 fully saturated rings. The standard InChI is InChI=1S/C18H18BrFN2O4/c19-14-10-22(11-18(26)5-7-21(8-6-18)17(24)25)16(23)9-13(14)12-3-1-2-4-15(12)20/h1-4,9-10,26H,5-8,11H2,(H,24,25). The van der Waals surface area contributed by atoms with Gasteiger partial charge in [-0.25, -0.2) is 9.18 Å². The fourth-order valence-electron chi connectivity index (χ4n) is 3.14. The Bertz CT molecular complexity index is 891. The van der Waals surface area contributed by atoms with E-state index in [1.54, 1.807) is 18.2 Å². The number of aliphatic hydroxyl groups is 1. The lowest BCUT2D eigenvalue weighted by atomic mass is 9.91. The number of nitrogens with zero attached hydrogens (tertiary/aromatic N) is 2. The van der Waals surface area contributed by atoms with Crippen molar-refractivity contribution in [2.45, 2.75) is 25.0 Å². The van der Waals surface area contributed by atoms with Gasteiger partial charge < -0.3 is 19.7 Å². The van der Waals surface area contributed by atoms with Crippen molar-refractivity contribution in [3.8, 4) is 11.1 Å². The smallest absolute Gasteiger partial charge is 0.407 e. The number of carbonyl (C=O) groups is 1. The average Bonchev–Trinajstić information content (AvgIpc) is 2.59. The monoisotopic (exact) mass is 424 g/mol. The van der Waals surface area contributed by atoms with E-state index in [4.69, 9.17) is 5.11 Å². The first kappa shape index (κ1) is 18.6. The minimum absolute atomic E-state index is 0.0510. The average molecular weight is 425 g/mol. The summed E-state index contributed by atoms with van der Waals surface area (Å²) in [4.78, 5) is 24.7. The lowest BCUT2D eigenvalue weighted by Crippen LogP contribution is -2.49. The molecule has 2 heterocycles. The molecule has 0 spiro atoms. The Balaban J connectivity index is 1.84. The van der Waals surface area contributed by atoms with E-state index in [-0.39, 0.29) is 38.0 Å². The van der Waals surface area contributed by atoms with Crippen LogP contribution < -0.4 is 5.56 Å². The number of carboxylic acid groups (broad SMARTS) is 1. The second kappa shape index (κ2) is 7.20. The molecule has 1 aliphatic rings. The van der Waals surface area contributed by atoms with Crippen LogP contribution in [0.25, 0.3) is 11.1 Å². The Labute approximate surface area is 157 Å². The van der Waals surface area contributed by atoms with E-state index < -0.39 is 17.5 Å². The molecule has 8 heteroatoms. The molecular formula is C18H18BrFN2O4. The number of piperidine rings is 1. The van der Waals surface area contributed by atoms with E-state index in [0.717, 1.165) is 0 Å². The van der Waals surface area contributed by atoms with Gasteiger partial charge in [-0.05, 0) is 34.8 Å². The molecule has 0 saturated carbocycles. The van der Waals surface area contributed by atoms with Crippen LogP contribution in [0.15, 0.2) is 45.8 Å². The number of pyridine rings is 1. The van der Waals surface area contributed by atoms with Crippen LogP contribution in [0.4, 0.5) is 9.18 Å². The number of benzene rings is 1. The van der Waals surface area contributed by atoms with Crippen molar-refractivity contribution in [1.29, 1.82) is 0 Å². The van der Waals surface area contributed by atoms with Crippen LogP contribution in [-0.4, -0.2) is 44.5 Å². The normalized spacial score (nSPS) is 16.5. The first-order valence-corrected chi connectivity index (χ1v) is 8.93. The van der Waals surface area contributed by atoms with Crippen LogP contribution in [-0.2, 0) is 6.54 Å². The number of amides is 1. The number of likely N-dealkylation sites (tertiary alicyclic amines) is 1. The third-order valence-corrected chi connectivity index (χ3v) is 5.30. The van der Waals surface area contributed by atoms with Gasteiger partial charge in [0.2, 0.25) is 0 Å². The SMILES string of the molecule is O=C(O)N1CCC(O)(Cn2cc(Br)c(-c3ccccc3F)cc2=O)CC1. The topological polar surface area (TPSA) is 82.8 Å². The van der Waals surface area contributed by atoms with Gasteiger partial charge in [0.25, 0.3) is 5.56 Å². The largest absolute Gasteiger partial charge is 0.465 e. The van der Waals surface area contributed by atoms with Crippen molar-refractivity contribution in [2.24, 2.45) is 0 Å². The molecule has 3 rings (SSSR count). The van der Waals surface area contributed by atoms with Gasteiger partial charge in [0.05, 0.1) is 12.1 Å². The van der Waals surface area contributed by atoms with Crippen LogP contribution in [0.3, 0.4) is 0 Å². The molecule has 26 heavy (non-hydrogen) atoms. The summed E-state index contributed by atoms with van der Waals surface area (Å²) < 4.78 is 15.9. The van der Waals surface area contributed by atoms with Gasteiger partial charge in [0, 0.05) is 41.0 Å². The molecule has 0 bridgehead atoms. The summed E-state index contributed by atoms with van der Waals surface area (Å²) in [6, 6.07) is 7.52. The van der Waals surface area contributed by atoms with Gasteiger partial charge in [0.15, 0.2) is 0 Å². The zero-order valence-corrected chi connectivity index (χ0v) is 15.4. The zero-order valence-electron chi connectivity index (χ0n) is 13.9. The van der Waals surface area contributed by atoms with Crippen molar-refractivity contribution in [1.82, 2.24) is 9.47 Å². The fourth-order valence-corrected chi connectivity index (χ4v) is 3.72. The Morgan fingerprint density at radius 2 is 1.88 bits per heavy atom. The van der Waals surface area contributed by atoms with Crippen molar-refractivity contribution in [3.05, 3.63) is 57.2 Å². The highest BCUT2D eigenvalue weighted by atomic mass is 79.9. The summed E-state index contributed by atoms with van der Waals surface area (Å²) in [5, 5.41) is 19.7. The van der Waals surface area contributed by atoms with Gasteiger partial charge in [-0.15, -0.1) is 0 Å². The molecule has 2 aromatic rings. The Morgan fingerprint density at radius 3 is 2.50 bits per heavy atom. The van der Waals surface area contributed by atoms with E-state index in [1.807, 2.05) is 0 Å². The molecule has 138 valence electrons. The Morgan fingerprint density at radius 1 is 1.23 bits per heavy atom. The van der Waals surface area contributed by atoms with E-state index in [1.165, 1.54) is 27.8 Å². The molecule has 6 nitrogen and oxygen atoms in total. The predicted molar refractivity (Wildman–Crippen MR) is 97.6 cm³/mol. The molecule has 2 N–H and O–H groups in total. The summed E-state index contributed by atoms with van der Waals surface area (Å²) in [6.07, 6.45) is 1.02. The second-order valence-corrected chi connectivity index (χ2v) is 7.33. The van der Waals surface area contributed by atoms with E-state index in [0.29, 0.717) is 15.6 Å². The van der Waals surface area contributed by atoms with E-state index in [2.05, 4.69) is 15.9 Å². The quantitative estimate of drug-likeness (QED) is 0.793. The third-order valence-electron chi connectivity index (χ3n) is 4.67. The minimum atomic E-state index is -1.16. The maximum Gasteiger partial charge on any atom is 0.407 e. The molecule has 0 atom stereocenters. The predicted octanol–water partition coefficient (Wildman–Crippen LogP) is 2.92. The molecular weight excluding hydrogens is 407 g/mol. The highest BCUT2D eigenvalue weighted by Crippen LogP contribution is 2.30. The van der Waals surface area contributed by atoms with Crippen molar-refractivity contribution in [3.63, 3.8) is 0 Å². The summed E-state index contributed by atoms with van der Waals surface area (Å²) in [5.74, 6) is -0.426. The fraction of sp³-hybridized carbons (Fsp3) is 0.333. The molecule has 1 aromatic carbocycles. The van der Waals surface area contributed by atoms with Gasteiger partial charge in [-0.1, -0.05) is 18.2 Å². The molecule has 0 aliphatic carbocycles. The zero-order chi connectivity index (χ0) is 18.9. The van der Waals surface area contributed by atoms with Crippen molar-refractivity contribution in [2.75, 3.05) is 13.1 Å². The maximum atomic E-state index is 14.0. The summed E-state index contributed by atoms with van der Waals surface area (Å²) >= 11 is 3.37. The second-order valence-electron chi connectivity index (χ2n) is 6.47. The van der Waals surface area contributed by atoms with Gasteiger partial charge in [0.1, 0.15) is 5.82 Å². The van der Waals surface area contributed by atoms with E-state index in [9.17, 15) is 19.1 Å². The maximum absolute atomic E-state index is 14.0. The number of hydrogen-bond donors (Lipinski definition) is 2. The minimum Gasteiger partial charge on any atom is -0.465 e. The molecule has 1 aromatic heterocycles. The molecule has 1 aliphatic heterocycles.